The Morgan fingerprint density at radius 2 is 1.84 bits per heavy atom. The lowest BCUT2D eigenvalue weighted by atomic mass is 10.0. The van der Waals surface area contributed by atoms with E-state index in [1.807, 2.05) is 10.7 Å². The van der Waals surface area contributed by atoms with Crippen LogP contribution >= 0.6 is 0 Å². The summed E-state index contributed by atoms with van der Waals surface area (Å²) in [4.78, 5) is 0. The van der Waals surface area contributed by atoms with E-state index >= 15 is 0 Å². The fourth-order valence-electron chi connectivity index (χ4n) is 2.31. The van der Waals surface area contributed by atoms with Crippen LogP contribution in [0.2, 0.25) is 0 Å². The summed E-state index contributed by atoms with van der Waals surface area (Å²) >= 11 is 0. The highest BCUT2D eigenvalue weighted by molar-refractivity contribution is 5.78. The Morgan fingerprint density at radius 1 is 1.05 bits per heavy atom. The maximum Gasteiger partial charge on any atom is 0.0923 e. The minimum atomic E-state index is 0.557. The topological polar surface area (TPSA) is 17.8 Å². The first-order valence-electron chi connectivity index (χ1n) is 6.73. The number of aromatic nitrogens is 2. The van der Waals surface area contributed by atoms with Gasteiger partial charge in [-0.2, -0.15) is 5.10 Å². The quantitative estimate of drug-likeness (QED) is 0.681. The SMILES string of the molecule is CC(C)c1ccc2nn(Cc3ccccc3)cc2c1. The number of hydrogen-bond donors (Lipinski definition) is 0. The Balaban J connectivity index is 1.93. The third kappa shape index (κ3) is 2.53. The molecule has 2 aromatic carbocycles. The first-order valence-corrected chi connectivity index (χ1v) is 6.73. The van der Waals surface area contributed by atoms with Crippen molar-refractivity contribution in [3.8, 4) is 0 Å². The summed E-state index contributed by atoms with van der Waals surface area (Å²) in [6.07, 6.45) is 2.13. The third-order valence-corrected chi connectivity index (χ3v) is 3.43. The van der Waals surface area contributed by atoms with Crippen LogP contribution in [-0.4, -0.2) is 9.78 Å². The number of nitrogens with zero attached hydrogens (tertiary/aromatic N) is 2. The molecule has 0 spiro atoms. The van der Waals surface area contributed by atoms with Crippen LogP contribution in [0.1, 0.15) is 30.9 Å². The van der Waals surface area contributed by atoms with Crippen molar-refractivity contribution in [3.63, 3.8) is 0 Å². The highest BCUT2D eigenvalue weighted by atomic mass is 15.3. The summed E-state index contributed by atoms with van der Waals surface area (Å²) in [5, 5.41) is 5.85. The van der Waals surface area contributed by atoms with Crippen LogP contribution in [0.15, 0.2) is 54.7 Å². The number of hydrogen-bond acceptors (Lipinski definition) is 1. The summed E-state index contributed by atoms with van der Waals surface area (Å²) < 4.78 is 2.02. The Bertz CT molecular complexity index is 681. The zero-order chi connectivity index (χ0) is 13.2. The van der Waals surface area contributed by atoms with Crippen molar-refractivity contribution in [2.24, 2.45) is 0 Å². The zero-order valence-electron chi connectivity index (χ0n) is 11.4. The van der Waals surface area contributed by atoms with Crippen LogP contribution in [0.3, 0.4) is 0 Å². The van der Waals surface area contributed by atoms with Crippen molar-refractivity contribution < 1.29 is 0 Å². The molecular formula is C17H18N2. The van der Waals surface area contributed by atoms with Crippen LogP contribution in [0, 0.1) is 0 Å². The molecule has 0 fully saturated rings. The van der Waals surface area contributed by atoms with Gasteiger partial charge in [0.05, 0.1) is 12.1 Å². The lowest BCUT2D eigenvalue weighted by molar-refractivity contribution is 0.696. The molecule has 19 heavy (non-hydrogen) atoms. The molecular weight excluding hydrogens is 232 g/mol. The van der Waals surface area contributed by atoms with E-state index < -0.39 is 0 Å². The molecule has 0 aliphatic carbocycles. The van der Waals surface area contributed by atoms with E-state index in [-0.39, 0.29) is 0 Å². The van der Waals surface area contributed by atoms with Crippen molar-refractivity contribution in [2.75, 3.05) is 0 Å². The van der Waals surface area contributed by atoms with Crippen molar-refractivity contribution in [1.82, 2.24) is 9.78 Å². The maximum atomic E-state index is 4.63. The molecule has 0 aliphatic rings. The molecule has 0 atom stereocenters. The monoisotopic (exact) mass is 250 g/mol. The van der Waals surface area contributed by atoms with E-state index in [4.69, 9.17) is 0 Å². The van der Waals surface area contributed by atoms with Gasteiger partial charge in [0.2, 0.25) is 0 Å². The van der Waals surface area contributed by atoms with Crippen molar-refractivity contribution in [1.29, 1.82) is 0 Å². The largest absolute Gasteiger partial charge is 0.267 e. The molecule has 2 heteroatoms. The Hall–Kier alpha value is -2.09. The number of fused-ring (bicyclic) bond motifs is 1. The van der Waals surface area contributed by atoms with Gasteiger partial charge in [-0.1, -0.05) is 50.2 Å². The van der Waals surface area contributed by atoms with Gasteiger partial charge in [-0.3, -0.25) is 4.68 Å². The van der Waals surface area contributed by atoms with Crippen LogP contribution in [-0.2, 0) is 6.54 Å². The van der Waals surface area contributed by atoms with Crippen molar-refractivity contribution >= 4 is 10.9 Å². The van der Waals surface area contributed by atoms with Gasteiger partial charge in [0, 0.05) is 11.6 Å². The molecule has 1 aromatic heterocycles. The van der Waals surface area contributed by atoms with Crippen LogP contribution in [0.5, 0.6) is 0 Å². The average molecular weight is 250 g/mol. The number of rotatable bonds is 3. The fourth-order valence-corrected chi connectivity index (χ4v) is 2.31. The van der Waals surface area contributed by atoms with Gasteiger partial charge in [0.1, 0.15) is 0 Å². The lowest BCUT2D eigenvalue weighted by Gasteiger charge is -2.03. The zero-order valence-corrected chi connectivity index (χ0v) is 11.4. The van der Waals surface area contributed by atoms with E-state index in [9.17, 15) is 0 Å². The molecule has 0 aliphatic heterocycles. The molecule has 0 radical (unpaired) electrons. The van der Waals surface area contributed by atoms with Gasteiger partial charge in [0.15, 0.2) is 0 Å². The summed E-state index contributed by atoms with van der Waals surface area (Å²) in [5.41, 5.74) is 3.71. The standard InChI is InChI=1S/C17H18N2/c1-13(2)15-8-9-17-16(10-15)12-19(18-17)11-14-6-4-3-5-7-14/h3-10,12-13H,11H2,1-2H3. The van der Waals surface area contributed by atoms with Gasteiger partial charge in [-0.15, -0.1) is 0 Å². The van der Waals surface area contributed by atoms with E-state index in [1.165, 1.54) is 16.5 Å². The van der Waals surface area contributed by atoms with Gasteiger partial charge < -0.3 is 0 Å². The summed E-state index contributed by atoms with van der Waals surface area (Å²) in [5.74, 6) is 0.557. The first kappa shape index (κ1) is 12.0. The van der Waals surface area contributed by atoms with Crippen molar-refractivity contribution in [2.45, 2.75) is 26.3 Å². The molecule has 0 unspecified atom stereocenters. The predicted molar refractivity (Wildman–Crippen MR) is 79.4 cm³/mol. The molecule has 0 saturated carbocycles. The highest BCUT2D eigenvalue weighted by Crippen LogP contribution is 2.20. The Labute approximate surface area is 113 Å². The third-order valence-electron chi connectivity index (χ3n) is 3.43. The van der Waals surface area contributed by atoms with Crippen LogP contribution in [0.25, 0.3) is 10.9 Å². The minimum absolute atomic E-state index is 0.557. The molecule has 0 N–H and O–H groups in total. The average Bonchev–Trinajstić information content (AvgIpc) is 2.80. The Morgan fingerprint density at radius 3 is 2.58 bits per heavy atom. The molecule has 3 aromatic rings. The van der Waals surface area contributed by atoms with Crippen LogP contribution in [0.4, 0.5) is 0 Å². The lowest BCUT2D eigenvalue weighted by Crippen LogP contribution is -1.99. The normalized spacial score (nSPS) is 11.3. The smallest absolute Gasteiger partial charge is 0.0923 e. The predicted octanol–water partition coefficient (Wildman–Crippen LogP) is 4.21. The molecule has 96 valence electrons. The fraction of sp³-hybridized carbons (Fsp3) is 0.235. The second-order valence-electron chi connectivity index (χ2n) is 5.29. The van der Waals surface area contributed by atoms with E-state index in [0.29, 0.717) is 5.92 Å². The summed E-state index contributed by atoms with van der Waals surface area (Å²) in [6.45, 7) is 5.26. The molecule has 0 saturated heterocycles. The highest BCUT2D eigenvalue weighted by Gasteiger charge is 2.04. The van der Waals surface area contributed by atoms with Gasteiger partial charge in [0.25, 0.3) is 0 Å². The summed E-state index contributed by atoms with van der Waals surface area (Å²) in [6, 6.07) is 17.0. The maximum absolute atomic E-state index is 4.63. The molecule has 3 rings (SSSR count). The second-order valence-corrected chi connectivity index (χ2v) is 5.29. The summed E-state index contributed by atoms with van der Waals surface area (Å²) in [7, 11) is 0. The van der Waals surface area contributed by atoms with Gasteiger partial charge in [-0.25, -0.2) is 0 Å². The van der Waals surface area contributed by atoms with E-state index in [2.05, 4.69) is 67.6 Å². The molecule has 0 amide bonds. The number of benzene rings is 2. The molecule has 1 heterocycles. The van der Waals surface area contributed by atoms with Crippen LogP contribution < -0.4 is 0 Å². The second kappa shape index (κ2) is 4.88. The first-order chi connectivity index (χ1) is 9.22. The van der Waals surface area contributed by atoms with Gasteiger partial charge in [-0.05, 0) is 29.2 Å². The molecule has 0 bridgehead atoms. The molecule has 2 nitrogen and oxygen atoms in total. The van der Waals surface area contributed by atoms with Gasteiger partial charge >= 0.3 is 0 Å². The van der Waals surface area contributed by atoms with E-state index in [1.54, 1.807) is 0 Å². The Kier molecular flexibility index (Phi) is 3.08. The van der Waals surface area contributed by atoms with Crippen molar-refractivity contribution in [3.05, 3.63) is 65.9 Å². The van der Waals surface area contributed by atoms with E-state index in [0.717, 1.165) is 12.1 Å². The minimum Gasteiger partial charge on any atom is -0.267 e.